The van der Waals surface area contributed by atoms with Crippen LogP contribution >= 0.6 is 0 Å². The quantitative estimate of drug-likeness (QED) is 0.684. The molecule has 0 amide bonds. The van der Waals surface area contributed by atoms with Crippen LogP contribution in [0.2, 0.25) is 0 Å². The predicted octanol–water partition coefficient (Wildman–Crippen LogP) is 3.20. The molecular weight excluding hydrogens is 226 g/mol. The number of aliphatic hydroxyl groups excluding tert-OH is 1. The van der Waals surface area contributed by atoms with E-state index in [0.717, 1.165) is 32.1 Å². The SMILES string of the molecule is CCC(CC)C(CC(=N)C(C)=O)C1CCCC1O. The minimum absolute atomic E-state index is 0.126. The number of hydrogen-bond donors (Lipinski definition) is 2. The largest absolute Gasteiger partial charge is 0.393 e. The van der Waals surface area contributed by atoms with Gasteiger partial charge >= 0.3 is 0 Å². The Kier molecular flexibility index (Phi) is 6.00. The highest BCUT2D eigenvalue weighted by Gasteiger charge is 2.36. The van der Waals surface area contributed by atoms with Crippen LogP contribution in [0.15, 0.2) is 0 Å². The molecule has 0 bridgehead atoms. The molecule has 0 radical (unpaired) electrons. The summed E-state index contributed by atoms with van der Waals surface area (Å²) >= 11 is 0. The van der Waals surface area contributed by atoms with Gasteiger partial charge < -0.3 is 10.5 Å². The Morgan fingerprint density at radius 2 is 1.94 bits per heavy atom. The second kappa shape index (κ2) is 7.03. The van der Waals surface area contributed by atoms with Gasteiger partial charge in [0.15, 0.2) is 5.78 Å². The van der Waals surface area contributed by atoms with Crippen molar-refractivity contribution in [1.29, 1.82) is 5.41 Å². The molecule has 1 aliphatic rings. The molecule has 1 rings (SSSR count). The molecular formula is C15H27NO2. The third kappa shape index (κ3) is 3.64. The van der Waals surface area contributed by atoms with Crippen LogP contribution in [0.25, 0.3) is 0 Å². The second-order valence-electron chi connectivity index (χ2n) is 5.64. The van der Waals surface area contributed by atoms with E-state index in [2.05, 4.69) is 13.8 Å². The smallest absolute Gasteiger partial charge is 0.173 e. The molecule has 1 saturated carbocycles. The predicted molar refractivity (Wildman–Crippen MR) is 73.9 cm³/mol. The molecule has 18 heavy (non-hydrogen) atoms. The van der Waals surface area contributed by atoms with E-state index in [1.165, 1.54) is 6.92 Å². The third-order valence-corrected chi connectivity index (χ3v) is 4.60. The Labute approximate surface area is 110 Å². The minimum Gasteiger partial charge on any atom is -0.393 e. The summed E-state index contributed by atoms with van der Waals surface area (Å²) in [6.45, 7) is 5.80. The average Bonchev–Trinajstić information content (AvgIpc) is 2.75. The number of hydrogen-bond acceptors (Lipinski definition) is 3. The zero-order valence-corrected chi connectivity index (χ0v) is 11.9. The molecule has 0 aromatic carbocycles. The number of aliphatic hydroxyl groups is 1. The Morgan fingerprint density at radius 3 is 2.33 bits per heavy atom. The van der Waals surface area contributed by atoms with E-state index in [1.54, 1.807) is 0 Å². The molecule has 104 valence electrons. The molecule has 0 heterocycles. The van der Waals surface area contributed by atoms with Gasteiger partial charge in [-0.1, -0.05) is 33.1 Å². The van der Waals surface area contributed by atoms with E-state index in [0.29, 0.717) is 18.3 Å². The third-order valence-electron chi connectivity index (χ3n) is 4.60. The molecule has 3 unspecified atom stereocenters. The maximum Gasteiger partial charge on any atom is 0.173 e. The van der Waals surface area contributed by atoms with Gasteiger partial charge in [-0.15, -0.1) is 0 Å². The summed E-state index contributed by atoms with van der Waals surface area (Å²) in [5.41, 5.74) is 0.228. The fraction of sp³-hybridized carbons (Fsp3) is 0.867. The zero-order chi connectivity index (χ0) is 13.7. The highest BCUT2D eigenvalue weighted by molar-refractivity contribution is 6.37. The monoisotopic (exact) mass is 253 g/mol. The van der Waals surface area contributed by atoms with E-state index in [-0.39, 0.29) is 23.5 Å². The van der Waals surface area contributed by atoms with Crippen molar-refractivity contribution in [2.45, 2.75) is 65.4 Å². The molecule has 1 fully saturated rings. The van der Waals surface area contributed by atoms with Crippen molar-refractivity contribution in [3.8, 4) is 0 Å². The van der Waals surface area contributed by atoms with Crippen LogP contribution in [0.3, 0.4) is 0 Å². The van der Waals surface area contributed by atoms with Crippen LogP contribution in [0.5, 0.6) is 0 Å². The van der Waals surface area contributed by atoms with Gasteiger partial charge in [0, 0.05) is 6.92 Å². The van der Waals surface area contributed by atoms with Crippen molar-refractivity contribution in [3.05, 3.63) is 0 Å². The lowest BCUT2D eigenvalue weighted by atomic mass is 9.74. The van der Waals surface area contributed by atoms with Gasteiger partial charge in [-0.25, -0.2) is 0 Å². The van der Waals surface area contributed by atoms with E-state index in [9.17, 15) is 9.90 Å². The average molecular weight is 253 g/mol. The first kappa shape index (κ1) is 15.4. The van der Waals surface area contributed by atoms with E-state index in [4.69, 9.17) is 5.41 Å². The molecule has 3 heteroatoms. The van der Waals surface area contributed by atoms with Crippen LogP contribution in [0.4, 0.5) is 0 Å². The van der Waals surface area contributed by atoms with Crippen molar-refractivity contribution in [2.75, 3.05) is 0 Å². The van der Waals surface area contributed by atoms with E-state index < -0.39 is 0 Å². The second-order valence-corrected chi connectivity index (χ2v) is 5.64. The Morgan fingerprint density at radius 1 is 1.33 bits per heavy atom. The summed E-state index contributed by atoms with van der Waals surface area (Å²) in [6, 6.07) is 0. The van der Waals surface area contributed by atoms with Crippen LogP contribution in [-0.2, 0) is 4.79 Å². The first-order chi connectivity index (χ1) is 8.51. The summed E-state index contributed by atoms with van der Waals surface area (Å²) in [5, 5.41) is 17.9. The lowest BCUT2D eigenvalue weighted by molar-refractivity contribution is -0.111. The summed E-state index contributed by atoms with van der Waals surface area (Å²) in [6.07, 6.45) is 5.46. The molecule has 0 aliphatic heterocycles. The van der Waals surface area contributed by atoms with Crippen molar-refractivity contribution in [3.63, 3.8) is 0 Å². The lowest BCUT2D eigenvalue weighted by Gasteiger charge is -2.32. The van der Waals surface area contributed by atoms with Gasteiger partial charge in [0.2, 0.25) is 0 Å². The molecule has 3 atom stereocenters. The highest BCUT2D eigenvalue weighted by atomic mass is 16.3. The fourth-order valence-corrected chi connectivity index (χ4v) is 3.41. The first-order valence-corrected chi connectivity index (χ1v) is 7.27. The van der Waals surface area contributed by atoms with Crippen LogP contribution in [-0.4, -0.2) is 22.7 Å². The normalized spacial score (nSPS) is 25.4. The summed E-state index contributed by atoms with van der Waals surface area (Å²) in [4.78, 5) is 11.3. The van der Waals surface area contributed by atoms with Gasteiger partial charge in [-0.2, -0.15) is 0 Å². The molecule has 3 nitrogen and oxygen atoms in total. The van der Waals surface area contributed by atoms with Crippen LogP contribution in [0.1, 0.15) is 59.3 Å². The van der Waals surface area contributed by atoms with E-state index in [1.807, 2.05) is 0 Å². The fourth-order valence-electron chi connectivity index (χ4n) is 3.41. The number of carbonyl (C=O) groups is 1. The number of Topliss-reactive ketones (excluding diaryl/α,β-unsaturated/α-hetero) is 1. The number of rotatable bonds is 7. The molecule has 0 spiro atoms. The molecule has 0 aromatic heterocycles. The van der Waals surface area contributed by atoms with Gasteiger partial charge in [-0.05, 0) is 37.0 Å². The van der Waals surface area contributed by atoms with Gasteiger partial charge in [0.1, 0.15) is 0 Å². The Bertz CT molecular complexity index is 297. The standard InChI is InChI=1S/C15H27NO2/c1-4-11(5-2)13(9-14(16)10(3)17)12-7-6-8-15(12)18/h11-13,15-16,18H,4-9H2,1-3H3. The van der Waals surface area contributed by atoms with Crippen LogP contribution in [0, 0.1) is 23.2 Å². The zero-order valence-electron chi connectivity index (χ0n) is 11.9. The lowest BCUT2D eigenvalue weighted by Crippen LogP contribution is -2.31. The number of nitrogens with one attached hydrogen (secondary N) is 1. The molecule has 2 N–H and O–H groups in total. The summed E-state index contributed by atoms with van der Waals surface area (Å²) < 4.78 is 0. The highest BCUT2D eigenvalue weighted by Crippen LogP contribution is 2.39. The number of carbonyl (C=O) groups excluding carboxylic acids is 1. The first-order valence-electron chi connectivity index (χ1n) is 7.27. The van der Waals surface area contributed by atoms with Crippen LogP contribution < -0.4 is 0 Å². The Balaban J connectivity index is 2.80. The molecule has 0 aromatic rings. The van der Waals surface area contributed by atoms with Gasteiger partial charge in [0.25, 0.3) is 0 Å². The van der Waals surface area contributed by atoms with Crippen molar-refractivity contribution < 1.29 is 9.90 Å². The van der Waals surface area contributed by atoms with Crippen molar-refractivity contribution in [2.24, 2.45) is 17.8 Å². The Hall–Kier alpha value is -0.700. The maximum absolute atomic E-state index is 11.3. The van der Waals surface area contributed by atoms with Crippen molar-refractivity contribution >= 4 is 11.5 Å². The van der Waals surface area contributed by atoms with Crippen molar-refractivity contribution in [1.82, 2.24) is 0 Å². The summed E-state index contributed by atoms with van der Waals surface area (Å²) in [5.74, 6) is 0.976. The summed E-state index contributed by atoms with van der Waals surface area (Å²) in [7, 11) is 0. The van der Waals surface area contributed by atoms with E-state index >= 15 is 0 Å². The topological polar surface area (TPSA) is 61.2 Å². The maximum atomic E-state index is 11.3. The van der Waals surface area contributed by atoms with Gasteiger partial charge in [0.05, 0.1) is 11.8 Å². The minimum atomic E-state index is -0.227. The molecule has 0 saturated heterocycles. The number of ketones is 1. The van der Waals surface area contributed by atoms with Gasteiger partial charge in [-0.3, -0.25) is 4.79 Å². The molecule has 1 aliphatic carbocycles.